The van der Waals surface area contributed by atoms with Gasteiger partial charge in [-0.1, -0.05) is 29.3 Å². The Bertz CT molecular complexity index is 922. The molecule has 0 radical (unpaired) electrons. The number of imide groups is 2. The number of barbiturate groups is 1. The van der Waals surface area contributed by atoms with E-state index in [9.17, 15) is 14.4 Å². The number of hydrogen-bond donors (Lipinski definition) is 2. The summed E-state index contributed by atoms with van der Waals surface area (Å²) in [5, 5.41) is 4.99. The van der Waals surface area contributed by atoms with Gasteiger partial charge in [-0.25, -0.2) is 4.79 Å². The maximum absolute atomic E-state index is 11.6. The average Bonchev–Trinajstić information content (AvgIpc) is 3.01. The highest BCUT2D eigenvalue weighted by Crippen LogP contribution is 2.32. The average molecular weight is 377 g/mol. The van der Waals surface area contributed by atoms with Crippen molar-refractivity contribution >= 4 is 47.1 Å². The lowest BCUT2D eigenvalue weighted by atomic mass is 10.2. The molecule has 8 heteroatoms. The lowest BCUT2D eigenvalue weighted by molar-refractivity contribution is -0.124. The largest absolute Gasteiger partial charge is 0.457 e. The first-order valence-corrected chi connectivity index (χ1v) is 7.80. The van der Waals surface area contributed by atoms with E-state index < -0.39 is 17.8 Å². The Morgan fingerprint density at radius 2 is 1.68 bits per heavy atom. The molecule has 4 amide bonds. The highest BCUT2D eigenvalue weighted by atomic mass is 35.5. The van der Waals surface area contributed by atoms with Gasteiger partial charge in [0.2, 0.25) is 0 Å². The van der Waals surface area contributed by atoms with Crippen molar-refractivity contribution in [2.45, 2.75) is 0 Å². The molecular formula is C17H10Cl2N2O4. The van der Waals surface area contributed by atoms with Gasteiger partial charge >= 0.3 is 6.03 Å². The van der Waals surface area contributed by atoms with Crippen LogP contribution in [-0.4, -0.2) is 17.8 Å². The van der Waals surface area contributed by atoms with Crippen molar-refractivity contribution < 1.29 is 18.8 Å². The fraction of sp³-hybridized carbons (Fsp3) is 0. The van der Waals surface area contributed by atoms with Crippen molar-refractivity contribution in [1.29, 1.82) is 0 Å². The highest BCUT2D eigenvalue weighted by molar-refractivity contribution is 6.35. The van der Waals surface area contributed by atoms with Crippen molar-refractivity contribution in [1.82, 2.24) is 10.6 Å². The van der Waals surface area contributed by atoms with Gasteiger partial charge in [0.25, 0.3) is 11.8 Å². The third-order valence-electron chi connectivity index (χ3n) is 3.29. The Balaban J connectivity index is 1.79. The van der Waals surface area contributed by atoms with E-state index >= 15 is 0 Å². The Kier molecular flexibility index (Phi) is 4.74. The zero-order chi connectivity index (χ0) is 18.0. The van der Waals surface area contributed by atoms with Crippen LogP contribution in [0.1, 0.15) is 5.76 Å². The quantitative estimate of drug-likeness (QED) is 0.633. The van der Waals surface area contributed by atoms with E-state index in [2.05, 4.69) is 0 Å². The maximum Gasteiger partial charge on any atom is 0.328 e. The van der Waals surface area contributed by atoms with Crippen molar-refractivity contribution in [3.8, 4) is 11.3 Å². The molecule has 1 fully saturated rings. The predicted octanol–water partition coefficient (Wildman–Crippen LogP) is 3.56. The molecule has 1 aliphatic heterocycles. The second kappa shape index (κ2) is 6.96. The summed E-state index contributed by atoms with van der Waals surface area (Å²) in [6.45, 7) is 0. The third-order valence-corrected chi connectivity index (χ3v) is 3.85. The van der Waals surface area contributed by atoms with Gasteiger partial charge in [-0.15, -0.1) is 0 Å². The Morgan fingerprint density at radius 3 is 2.40 bits per heavy atom. The lowest BCUT2D eigenvalue weighted by Crippen LogP contribution is -2.51. The predicted molar refractivity (Wildman–Crippen MR) is 93.0 cm³/mol. The van der Waals surface area contributed by atoms with Crippen molar-refractivity contribution in [3.05, 3.63) is 63.9 Å². The van der Waals surface area contributed by atoms with Crippen LogP contribution in [0, 0.1) is 0 Å². The summed E-state index contributed by atoms with van der Waals surface area (Å²) in [7, 11) is 0. The minimum absolute atomic E-state index is 0.180. The molecule has 0 saturated carbocycles. The van der Waals surface area contributed by atoms with Crippen LogP contribution < -0.4 is 10.6 Å². The number of hydrogen-bond acceptors (Lipinski definition) is 4. The van der Waals surface area contributed by atoms with Gasteiger partial charge in [0, 0.05) is 10.6 Å². The molecule has 1 aliphatic rings. The van der Waals surface area contributed by atoms with Gasteiger partial charge in [0.1, 0.15) is 17.1 Å². The van der Waals surface area contributed by atoms with E-state index in [4.69, 9.17) is 27.6 Å². The summed E-state index contributed by atoms with van der Waals surface area (Å²) in [6, 6.07) is 7.61. The van der Waals surface area contributed by atoms with Gasteiger partial charge in [-0.3, -0.25) is 20.2 Å². The topological polar surface area (TPSA) is 88.4 Å². The first-order chi connectivity index (χ1) is 11.9. The number of benzene rings is 1. The summed E-state index contributed by atoms with van der Waals surface area (Å²) >= 11 is 12.1. The molecule has 0 atom stereocenters. The molecule has 25 heavy (non-hydrogen) atoms. The second-order valence-corrected chi connectivity index (χ2v) is 5.85. The van der Waals surface area contributed by atoms with Crippen LogP contribution in [0.5, 0.6) is 0 Å². The number of carbonyl (C=O) groups is 3. The Hall–Kier alpha value is -2.83. The van der Waals surface area contributed by atoms with Crippen LogP contribution in [0.2, 0.25) is 10.0 Å². The van der Waals surface area contributed by atoms with Gasteiger partial charge in [-0.2, -0.15) is 0 Å². The molecule has 0 unspecified atom stereocenters. The van der Waals surface area contributed by atoms with Crippen molar-refractivity contribution in [2.24, 2.45) is 0 Å². The molecule has 126 valence electrons. The summed E-state index contributed by atoms with van der Waals surface area (Å²) in [6.07, 6.45) is 4.31. The molecule has 6 nitrogen and oxygen atoms in total. The molecule has 3 rings (SSSR count). The van der Waals surface area contributed by atoms with E-state index in [-0.39, 0.29) is 5.57 Å². The standard InChI is InChI=1S/C17H10Cl2N2O4/c18-9-4-6-13(19)12(8-9)14-7-5-10(25-14)2-1-3-11-15(22)20-17(24)21-16(11)23/h1-8H,(H2,20,21,22,23,24). The van der Waals surface area contributed by atoms with Gasteiger partial charge in [-0.05, 0) is 42.5 Å². The highest BCUT2D eigenvalue weighted by Gasteiger charge is 2.26. The first-order valence-electron chi connectivity index (χ1n) is 7.04. The Morgan fingerprint density at radius 1 is 0.960 bits per heavy atom. The molecule has 1 aromatic carbocycles. The van der Waals surface area contributed by atoms with E-state index in [0.717, 1.165) is 0 Å². The number of rotatable bonds is 3. The summed E-state index contributed by atoms with van der Waals surface area (Å²) in [4.78, 5) is 34.1. The molecule has 1 saturated heterocycles. The number of halogens is 2. The number of amides is 4. The smallest absolute Gasteiger partial charge is 0.328 e. The molecular weight excluding hydrogens is 367 g/mol. The first kappa shape index (κ1) is 17.0. The van der Waals surface area contributed by atoms with Crippen LogP contribution in [0.3, 0.4) is 0 Å². The zero-order valence-electron chi connectivity index (χ0n) is 12.5. The lowest BCUT2D eigenvalue weighted by Gasteiger charge is -2.12. The minimum atomic E-state index is -0.842. The van der Waals surface area contributed by atoms with Crippen LogP contribution in [-0.2, 0) is 9.59 Å². The molecule has 2 N–H and O–H groups in total. The molecule has 1 aromatic heterocycles. The Labute approximate surface area is 152 Å². The van der Waals surface area contributed by atoms with Crippen molar-refractivity contribution in [3.63, 3.8) is 0 Å². The zero-order valence-corrected chi connectivity index (χ0v) is 14.0. The van der Waals surface area contributed by atoms with Crippen LogP contribution in [0.15, 0.2) is 52.5 Å². The number of urea groups is 1. The number of allylic oxidation sites excluding steroid dienone is 2. The molecule has 2 aromatic rings. The second-order valence-electron chi connectivity index (χ2n) is 5.00. The van der Waals surface area contributed by atoms with E-state index in [0.29, 0.717) is 27.1 Å². The molecule has 0 aliphatic carbocycles. The summed E-state index contributed by atoms with van der Waals surface area (Å²) in [5.74, 6) is -0.511. The molecule has 2 heterocycles. The van der Waals surface area contributed by atoms with Gasteiger partial charge < -0.3 is 4.42 Å². The van der Waals surface area contributed by atoms with E-state index in [1.54, 1.807) is 36.4 Å². The van der Waals surface area contributed by atoms with Crippen molar-refractivity contribution in [2.75, 3.05) is 0 Å². The van der Waals surface area contributed by atoms with Gasteiger partial charge in [0.05, 0.1) is 5.02 Å². The number of carbonyl (C=O) groups excluding carboxylic acids is 3. The van der Waals surface area contributed by atoms with E-state index in [1.165, 1.54) is 12.2 Å². The SMILES string of the molecule is O=C1NC(=O)C(=CC=Cc2ccc(-c3cc(Cl)ccc3Cl)o2)C(=O)N1. The fourth-order valence-electron chi connectivity index (χ4n) is 2.14. The third kappa shape index (κ3) is 3.81. The minimum Gasteiger partial charge on any atom is -0.457 e. The normalized spacial score (nSPS) is 14.6. The van der Waals surface area contributed by atoms with Crippen LogP contribution >= 0.6 is 23.2 Å². The van der Waals surface area contributed by atoms with E-state index in [1.807, 2.05) is 10.6 Å². The maximum atomic E-state index is 11.6. The van der Waals surface area contributed by atoms with Crippen LogP contribution in [0.4, 0.5) is 4.79 Å². The number of nitrogens with one attached hydrogen (secondary N) is 2. The molecule has 0 bridgehead atoms. The monoisotopic (exact) mass is 376 g/mol. The van der Waals surface area contributed by atoms with Crippen LogP contribution in [0.25, 0.3) is 17.4 Å². The van der Waals surface area contributed by atoms with Gasteiger partial charge in [0.15, 0.2) is 0 Å². The number of furan rings is 1. The fourth-order valence-corrected chi connectivity index (χ4v) is 2.52. The summed E-state index contributed by atoms with van der Waals surface area (Å²) < 4.78 is 5.65. The molecule has 0 spiro atoms. The summed E-state index contributed by atoms with van der Waals surface area (Å²) in [5.41, 5.74) is 0.470.